The summed E-state index contributed by atoms with van der Waals surface area (Å²) in [7, 11) is 0. The molecule has 23 heavy (non-hydrogen) atoms. The number of aryl methyl sites for hydroxylation is 1. The average molecular weight is 311 g/mol. The van der Waals surface area contributed by atoms with Gasteiger partial charge in [0.15, 0.2) is 0 Å². The SMILES string of the molecule is Cc1ccc(N2C[C@@H](C(=O)N/N=C/c3ccco3)CC2=O)cc1. The molecule has 0 saturated carbocycles. The van der Waals surface area contributed by atoms with Crippen molar-refractivity contribution in [1.82, 2.24) is 5.43 Å². The molecular weight excluding hydrogens is 294 g/mol. The maximum atomic E-state index is 12.1. The number of anilines is 1. The number of rotatable bonds is 4. The number of amides is 2. The summed E-state index contributed by atoms with van der Waals surface area (Å²) in [5.74, 6) is -0.175. The fourth-order valence-corrected chi connectivity index (χ4v) is 2.47. The van der Waals surface area contributed by atoms with Gasteiger partial charge >= 0.3 is 0 Å². The summed E-state index contributed by atoms with van der Waals surface area (Å²) >= 11 is 0. The van der Waals surface area contributed by atoms with Crippen LogP contribution < -0.4 is 10.3 Å². The third-order valence-electron chi connectivity index (χ3n) is 3.75. The Morgan fingerprint density at radius 2 is 2.13 bits per heavy atom. The molecule has 0 radical (unpaired) electrons. The summed E-state index contributed by atoms with van der Waals surface area (Å²) in [6, 6.07) is 11.1. The number of carbonyl (C=O) groups excluding carboxylic acids is 2. The van der Waals surface area contributed by atoms with Crippen molar-refractivity contribution in [2.24, 2.45) is 11.0 Å². The van der Waals surface area contributed by atoms with E-state index in [1.54, 1.807) is 17.0 Å². The third-order valence-corrected chi connectivity index (χ3v) is 3.75. The highest BCUT2D eigenvalue weighted by Gasteiger charge is 2.35. The standard InChI is InChI=1S/C17H17N3O3/c1-12-4-6-14(7-5-12)20-11-13(9-16(20)21)17(22)19-18-10-15-3-2-8-23-15/h2-8,10,13H,9,11H2,1H3,(H,19,22)/b18-10+/t13-/m0/s1. The minimum Gasteiger partial charge on any atom is -0.463 e. The number of benzene rings is 1. The molecule has 1 N–H and O–H groups in total. The van der Waals surface area contributed by atoms with Crippen molar-refractivity contribution in [1.29, 1.82) is 0 Å². The lowest BCUT2D eigenvalue weighted by Crippen LogP contribution is -2.30. The second-order valence-electron chi connectivity index (χ2n) is 5.49. The van der Waals surface area contributed by atoms with Gasteiger partial charge in [-0.2, -0.15) is 5.10 Å². The van der Waals surface area contributed by atoms with Crippen LogP contribution in [0.4, 0.5) is 5.69 Å². The monoisotopic (exact) mass is 311 g/mol. The highest BCUT2D eigenvalue weighted by atomic mass is 16.3. The second kappa shape index (κ2) is 6.48. The fraction of sp³-hybridized carbons (Fsp3) is 0.235. The Kier molecular flexibility index (Phi) is 4.23. The fourth-order valence-electron chi connectivity index (χ4n) is 2.47. The van der Waals surface area contributed by atoms with Crippen molar-refractivity contribution in [2.75, 3.05) is 11.4 Å². The van der Waals surface area contributed by atoms with Gasteiger partial charge in [-0.3, -0.25) is 9.59 Å². The van der Waals surface area contributed by atoms with Crippen LogP contribution in [0.5, 0.6) is 0 Å². The highest BCUT2D eigenvalue weighted by Crippen LogP contribution is 2.25. The van der Waals surface area contributed by atoms with E-state index in [0.717, 1.165) is 11.3 Å². The maximum absolute atomic E-state index is 12.1. The minimum atomic E-state index is -0.405. The molecule has 1 atom stereocenters. The van der Waals surface area contributed by atoms with Crippen LogP contribution in [0.3, 0.4) is 0 Å². The lowest BCUT2D eigenvalue weighted by Gasteiger charge is -2.16. The summed E-state index contributed by atoms with van der Waals surface area (Å²) < 4.78 is 5.08. The molecule has 1 aliphatic rings. The van der Waals surface area contributed by atoms with Gasteiger partial charge in [0.05, 0.1) is 18.4 Å². The van der Waals surface area contributed by atoms with Gasteiger partial charge in [-0.1, -0.05) is 17.7 Å². The molecule has 1 saturated heterocycles. The van der Waals surface area contributed by atoms with E-state index in [-0.39, 0.29) is 18.2 Å². The van der Waals surface area contributed by atoms with E-state index in [1.165, 1.54) is 12.5 Å². The molecule has 3 rings (SSSR count). The van der Waals surface area contributed by atoms with Crippen molar-refractivity contribution >= 4 is 23.7 Å². The highest BCUT2D eigenvalue weighted by molar-refractivity contribution is 6.00. The molecule has 2 aromatic rings. The van der Waals surface area contributed by atoms with Gasteiger partial charge in [0.2, 0.25) is 11.8 Å². The summed E-state index contributed by atoms with van der Waals surface area (Å²) in [6.45, 7) is 2.35. The van der Waals surface area contributed by atoms with E-state index >= 15 is 0 Å². The quantitative estimate of drug-likeness (QED) is 0.694. The van der Waals surface area contributed by atoms with Gasteiger partial charge < -0.3 is 9.32 Å². The Balaban J connectivity index is 1.60. The predicted octanol–water partition coefficient (Wildman–Crippen LogP) is 2.09. The number of hydrogen-bond acceptors (Lipinski definition) is 4. The molecule has 1 aromatic heterocycles. The zero-order valence-electron chi connectivity index (χ0n) is 12.7. The number of furan rings is 1. The van der Waals surface area contributed by atoms with E-state index < -0.39 is 5.92 Å². The van der Waals surface area contributed by atoms with Crippen LogP contribution in [0, 0.1) is 12.8 Å². The number of hydrazone groups is 1. The minimum absolute atomic E-state index is 0.0518. The average Bonchev–Trinajstić information content (AvgIpc) is 3.18. The Morgan fingerprint density at radius 3 is 2.83 bits per heavy atom. The van der Waals surface area contributed by atoms with E-state index in [2.05, 4.69) is 10.5 Å². The number of nitrogens with zero attached hydrogens (tertiary/aromatic N) is 2. The van der Waals surface area contributed by atoms with Crippen LogP contribution in [-0.2, 0) is 9.59 Å². The maximum Gasteiger partial charge on any atom is 0.245 e. The molecule has 0 spiro atoms. The van der Waals surface area contributed by atoms with Crippen molar-refractivity contribution in [3.8, 4) is 0 Å². The smallest absolute Gasteiger partial charge is 0.245 e. The predicted molar refractivity (Wildman–Crippen MR) is 86.1 cm³/mol. The molecule has 1 fully saturated rings. The molecule has 0 aliphatic carbocycles. The van der Waals surface area contributed by atoms with Crippen LogP contribution >= 0.6 is 0 Å². The first-order valence-electron chi connectivity index (χ1n) is 7.37. The van der Waals surface area contributed by atoms with Crippen molar-refractivity contribution < 1.29 is 14.0 Å². The Hall–Kier alpha value is -2.89. The van der Waals surface area contributed by atoms with Crippen LogP contribution in [0.15, 0.2) is 52.2 Å². The number of nitrogens with one attached hydrogen (secondary N) is 1. The van der Waals surface area contributed by atoms with E-state index in [0.29, 0.717) is 12.3 Å². The first-order chi connectivity index (χ1) is 11.1. The Labute approximate surface area is 133 Å². The second-order valence-corrected chi connectivity index (χ2v) is 5.49. The Bertz CT molecular complexity index is 720. The molecule has 6 heteroatoms. The van der Waals surface area contributed by atoms with Crippen LogP contribution in [-0.4, -0.2) is 24.6 Å². The molecule has 0 unspecified atom stereocenters. The number of carbonyl (C=O) groups is 2. The molecule has 0 bridgehead atoms. The molecular formula is C17H17N3O3. The van der Waals surface area contributed by atoms with E-state index in [1.807, 2.05) is 31.2 Å². The third kappa shape index (κ3) is 3.48. The molecule has 2 amide bonds. The summed E-state index contributed by atoms with van der Waals surface area (Å²) in [6.07, 6.45) is 3.14. The lowest BCUT2D eigenvalue weighted by molar-refractivity contribution is -0.126. The van der Waals surface area contributed by atoms with Crippen LogP contribution in [0.1, 0.15) is 17.7 Å². The van der Waals surface area contributed by atoms with Gasteiger partial charge in [-0.05, 0) is 31.2 Å². The number of hydrogen-bond donors (Lipinski definition) is 1. The molecule has 118 valence electrons. The summed E-state index contributed by atoms with van der Waals surface area (Å²) in [5, 5.41) is 3.84. The van der Waals surface area contributed by atoms with Crippen molar-refractivity contribution in [2.45, 2.75) is 13.3 Å². The van der Waals surface area contributed by atoms with Gasteiger partial charge in [-0.15, -0.1) is 0 Å². The van der Waals surface area contributed by atoms with Crippen LogP contribution in [0.25, 0.3) is 0 Å². The van der Waals surface area contributed by atoms with Gasteiger partial charge in [0, 0.05) is 18.7 Å². The topological polar surface area (TPSA) is 74.9 Å². The van der Waals surface area contributed by atoms with Crippen LogP contribution in [0.2, 0.25) is 0 Å². The zero-order valence-corrected chi connectivity index (χ0v) is 12.7. The molecule has 1 aromatic carbocycles. The van der Waals surface area contributed by atoms with Gasteiger partial charge in [-0.25, -0.2) is 5.43 Å². The van der Waals surface area contributed by atoms with E-state index in [4.69, 9.17) is 4.42 Å². The van der Waals surface area contributed by atoms with Gasteiger partial charge in [0.1, 0.15) is 5.76 Å². The zero-order chi connectivity index (χ0) is 16.2. The summed E-state index contributed by atoms with van der Waals surface area (Å²) in [4.78, 5) is 25.9. The van der Waals surface area contributed by atoms with Gasteiger partial charge in [0.25, 0.3) is 0 Å². The molecule has 6 nitrogen and oxygen atoms in total. The van der Waals surface area contributed by atoms with E-state index in [9.17, 15) is 9.59 Å². The Morgan fingerprint density at radius 1 is 1.35 bits per heavy atom. The lowest BCUT2D eigenvalue weighted by atomic mass is 10.1. The summed E-state index contributed by atoms with van der Waals surface area (Å²) in [5.41, 5.74) is 4.40. The molecule has 1 aliphatic heterocycles. The van der Waals surface area contributed by atoms with Crippen molar-refractivity contribution in [3.05, 3.63) is 54.0 Å². The van der Waals surface area contributed by atoms with Crippen molar-refractivity contribution in [3.63, 3.8) is 0 Å². The largest absolute Gasteiger partial charge is 0.463 e. The normalized spacial score (nSPS) is 17.9. The first kappa shape index (κ1) is 15.0. The molecule has 2 heterocycles. The first-order valence-corrected chi connectivity index (χ1v) is 7.37.